The second kappa shape index (κ2) is 20.1. The molecule has 0 radical (unpaired) electrons. The number of hydrogen-bond donors (Lipinski definition) is 0. The summed E-state index contributed by atoms with van der Waals surface area (Å²) in [6, 6.07) is 123. The van der Waals surface area contributed by atoms with Crippen LogP contribution in [0.25, 0.3) is 121 Å². The van der Waals surface area contributed by atoms with Gasteiger partial charge in [-0.25, -0.2) is 0 Å². The molecule has 426 valence electrons. The largest absolute Gasteiger partial charge is 0.289 e. The average Bonchev–Trinajstić information content (AvgIpc) is 1.52. The van der Waals surface area contributed by atoms with Gasteiger partial charge in [-0.3, -0.25) is 4.79 Å². The Balaban J connectivity index is 0.000000136. The minimum atomic E-state index is -0.490. The number of ketones is 1. The molecule has 0 saturated heterocycles. The van der Waals surface area contributed by atoms with Crippen LogP contribution in [0.3, 0.4) is 0 Å². The summed E-state index contributed by atoms with van der Waals surface area (Å²) in [6.45, 7) is 0. The molecule has 2 spiro atoms. The molecule has 0 N–H and O–H groups in total. The summed E-state index contributed by atoms with van der Waals surface area (Å²) in [4.78, 5) is 15.0. The van der Waals surface area contributed by atoms with Crippen LogP contribution in [-0.2, 0) is 10.8 Å². The maximum Gasteiger partial charge on any atom is 0.193 e. The Labute approximate surface area is 534 Å². The lowest BCUT2D eigenvalue weighted by Gasteiger charge is -2.31. The van der Waals surface area contributed by atoms with Crippen molar-refractivity contribution in [2.45, 2.75) is 10.8 Å². The molecular weight excluding hydrogens is 1110 g/mol. The van der Waals surface area contributed by atoms with Gasteiger partial charge in [0.05, 0.1) is 10.8 Å². The molecule has 16 aromatic carbocycles. The number of carbonyl (C=O) groups is 1. The topological polar surface area (TPSA) is 17.1 Å². The number of rotatable bonds is 5. The van der Waals surface area contributed by atoms with Gasteiger partial charge in [-0.15, -0.1) is 0 Å². The summed E-state index contributed by atoms with van der Waals surface area (Å²) < 4.78 is 0. The Bertz CT molecular complexity index is 5490. The van der Waals surface area contributed by atoms with Gasteiger partial charge in [-0.05, 0) is 208 Å². The van der Waals surface area contributed by atoms with Crippen LogP contribution in [0.4, 0.5) is 0 Å². The van der Waals surface area contributed by atoms with Crippen LogP contribution < -0.4 is 0 Å². The average molecular weight is 1170 g/mol. The second-order valence-electron chi connectivity index (χ2n) is 25.2. The maximum atomic E-state index is 15.0. The molecule has 92 heavy (non-hydrogen) atoms. The van der Waals surface area contributed by atoms with Crippen LogP contribution in [0.2, 0.25) is 0 Å². The van der Waals surface area contributed by atoms with Gasteiger partial charge in [-0.1, -0.05) is 297 Å². The highest BCUT2D eigenvalue weighted by molar-refractivity contribution is 6.14. The molecule has 0 aromatic heterocycles. The maximum absolute atomic E-state index is 15.0. The molecule has 0 aliphatic heterocycles. The number of benzene rings is 16. The highest BCUT2D eigenvalue weighted by Gasteiger charge is 2.53. The van der Waals surface area contributed by atoms with E-state index in [9.17, 15) is 4.79 Å². The summed E-state index contributed by atoms with van der Waals surface area (Å²) in [7, 11) is 0. The first-order chi connectivity index (χ1) is 45.5. The summed E-state index contributed by atoms with van der Waals surface area (Å²) in [5.74, 6) is 0.0435. The van der Waals surface area contributed by atoms with Gasteiger partial charge in [0.15, 0.2) is 5.78 Å². The van der Waals surface area contributed by atoms with E-state index in [0.717, 1.165) is 0 Å². The molecule has 16 aromatic rings. The molecule has 0 amide bonds. The van der Waals surface area contributed by atoms with E-state index < -0.39 is 10.8 Å². The van der Waals surface area contributed by atoms with Gasteiger partial charge in [-0.2, -0.15) is 0 Å². The number of carbonyl (C=O) groups excluding carboxylic acids is 1. The van der Waals surface area contributed by atoms with E-state index in [0.29, 0.717) is 11.1 Å². The minimum absolute atomic E-state index is 0.0435. The van der Waals surface area contributed by atoms with Gasteiger partial charge in [0.1, 0.15) is 0 Å². The summed E-state index contributed by atoms with van der Waals surface area (Å²) >= 11 is 0. The zero-order chi connectivity index (χ0) is 60.7. The van der Waals surface area contributed by atoms with Gasteiger partial charge < -0.3 is 0 Å². The highest BCUT2D eigenvalue weighted by Crippen LogP contribution is 2.65. The van der Waals surface area contributed by atoms with Crippen molar-refractivity contribution >= 4 is 48.9 Å². The van der Waals surface area contributed by atoms with Gasteiger partial charge >= 0.3 is 0 Å². The summed E-state index contributed by atoms with van der Waals surface area (Å²) in [5, 5.41) is 10.2. The molecule has 0 bridgehead atoms. The molecule has 4 aliphatic rings. The molecule has 4 aliphatic carbocycles. The van der Waals surface area contributed by atoms with Crippen LogP contribution >= 0.6 is 0 Å². The standard InChI is InChI=1S/C51H30O.C40H26/c52-49(31-25-27-39-37-17-5-11-23-45(37)50(47(39)29-31)41-19-7-1-13-33(41)34-14-2-8-20-42(34)50)32-26-28-40-38-18-6-12-24-46(38)51(48(40)30-32)43-21-9-3-15-35(43)36-16-4-10-22-44(36)51;1-2-9-28-22-31(17-16-27(28)8-1)33-21-20-32-23-30(18-19-34(32)24-33)29-11-7-12-35(25-29)40-26-36-10-3-4-13-37(36)38-14-5-6-15-39(38)40/h1-30H;1-26H. The van der Waals surface area contributed by atoms with E-state index in [-0.39, 0.29) is 5.78 Å². The third-order valence-corrected chi connectivity index (χ3v) is 20.7. The van der Waals surface area contributed by atoms with E-state index in [1.54, 1.807) is 0 Å². The van der Waals surface area contributed by atoms with Crippen molar-refractivity contribution in [2.24, 2.45) is 0 Å². The van der Waals surface area contributed by atoms with Gasteiger partial charge in [0.25, 0.3) is 0 Å². The first-order valence-electron chi connectivity index (χ1n) is 32.0. The van der Waals surface area contributed by atoms with Gasteiger partial charge in [0, 0.05) is 11.1 Å². The van der Waals surface area contributed by atoms with E-state index in [4.69, 9.17) is 0 Å². The zero-order valence-electron chi connectivity index (χ0n) is 50.2. The minimum Gasteiger partial charge on any atom is -0.289 e. The van der Waals surface area contributed by atoms with E-state index in [2.05, 4.69) is 328 Å². The third kappa shape index (κ3) is 7.45. The second-order valence-corrected chi connectivity index (χ2v) is 25.2. The van der Waals surface area contributed by atoms with Gasteiger partial charge in [0.2, 0.25) is 0 Å². The van der Waals surface area contributed by atoms with Crippen molar-refractivity contribution in [1.29, 1.82) is 0 Å². The Morgan fingerprint density at radius 2 is 0.511 bits per heavy atom. The van der Waals surface area contributed by atoms with Crippen LogP contribution in [-0.4, -0.2) is 5.78 Å². The van der Waals surface area contributed by atoms with E-state index in [1.807, 2.05) is 12.1 Å². The van der Waals surface area contributed by atoms with Crippen LogP contribution in [0.1, 0.15) is 60.4 Å². The summed E-state index contributed by atoms with van der Waals surface area (Å²) in [5.41, 5.74) is 27.9. The van der Waals surface area contributed by atoms with E-state index in [1.165, 1.54) is 165 Å². The van der Waals surface area contributed by atoms with Crippen molar-refractivity contribution in [3.8, 4) is 77.9 Å². The predicted molar refractivity (Wildman–Crippen MR) is 382 cm³/mol. The first kappa shape index (κ1) is 52.2. The third-order valence-electron chi connectivity index (χ3n) is 20.7. The smallest absolute Gasteiger partial charge is 0.193 e. The molecule has 0 heterocycles. The van der Waals surface area contributed by atoms with Crippen molar-refractivity contribution < 1.29 is 4.79 Å². The molecular formula is C91H56O. The van der Waals surface area contributed by atoms with Crippen molar-refractivity contribution in [3.63, 3.8) is 0 Å². The lowest BCUT2D eigenvalue weighted by atomic mass is 9.70. The Morgan fingerprint density at radius 3 is 0.967 bits per heavy atom. The Kier molecular flexibility index (Phi) is 11.4. The quantitative estimate of drug-likeness (QED) is 0.124. The number of hydrogen-bond acceptors (Lipinski definition) is 1. The fourth-order valence-corrected chi connectivity index (χ4v) is 16.8. The molecule has 20 rings (SSSR count). The lowest BCUT2D eigenvalue weighted by Crippen LogP contribution is -2.26. The molecule has 1 nitrogen and oxygen atoms in total. The monoisotopic (exact) mass is 1160 g/mol. The molecule has 0 unspecified atom stereocenters. The normalized spacial score (nSPS) is 13.4. The molecule has 1 heteroatoms. The fraction of sp³-hybridized carbons (Fsp3) is 0.0220. The Hall–Kier alpha value is -11.8. The van der Waals surface area contributed by atoms with Crippen LogP contribution in [0.5, 0.6) is 0 Å². The van der Waals surface area contributed by atoms with E-state index >= 15 is 0 Å². The zero-order valence-corrected chi connectivity index (χ0v) is 50.2. The predicted octanol–water partition coefficient (Wildman–Crippen LogP) is 22.9. The fourth-order valence-electron chi connectivity index (χ4n) is 16.8. The molecule has 0 atom stereocenters. The van der Waals surface area contributed by atoms with Crippen LogP contribution in [0.15, 0.2) is 340 Å². The summed E-state index contributed by atoms with van der Waals surface area (Å²) in [6.07, 6.45) is 0. The SMILES string of the molecule is O=C(c1ccc2c(c1)C1(c3ccccc3-c3ccccc31)c1ccccc1-2)c1ccc2c(c1)C1(c3ccccc3-c3ccccc31)c1ccccc1-2.c1cc(-c2ccc3cc(-c4ccc5ccccc5c4)ccc3c2)cc(-c2cc3ccccc3c3ccccc23)c1. The molecule has 0 saturated carbocycles. The number of fused-ring (bicyclic) bond motifs is 25. The van der Waals surface area contributed by atoms with Crippen molar-refractivity contribution in [3.05, 3.63) is 395 Å². The van der Waals surface area contributed by atoms with Crippen molar-refractivity contribution in [1.82, 2.24) is 0 Å². The first-order valence-corrected chi connectivity index (χ1v) is 32.0. The van der Waals surface area contributed by atoms with Crippen LogP contribution in [0, 0.1) is 0 Å². The Morgan fingerprint density at radius 1 is 0.185 bits per heavy atom. The van der Waals surface area contributed by atoms with Crippen molar-refractivity contribution in [2.75, 3.05) is 0 Å². The highest BCUT2D eigenvalue weighted by atomic mass is 16.1. The molecule has 0 fully saturated rings. The lowest BCUT2D eigenvalue weighted by molar-refractivity contribution is 0.103.